The molecule has 0 fully saturated rings. The highest BCUT2D eigenvalue weighted by Gasteiger charge is 2.35. The summed E-state index contributed by atoms with van der Waals surface area (Å²) in [4.78, 5) is 13.0. The van der Waals surface area contributed by atoms with Crippen LogP contribution >= 0.6 is 0 Å². The van der Waals surface area contributed by atoms with Gasteiger partial charge in [0.05, 0.1) is 13.2 Å². The maximum atomic E-state index is 13.0. The van der Waals surface area contributed by atoms with Gasteiger partial charge in [-0.25, -0.2) is 0 Å². The molecule has 0 unspecified atom stereocenters. The van der Waals surface area contributed by atoms with Crippen molar-refractivity contribution in [2.24, 2.45) is 0 Å². The summed E-state index contributed by atoms with van der Waals surface area (Å²) >= 11 is 0. The van der Waals surface area contributed by atoms with E-state index in [0.29, 0.717) is 18.6 Å². The van der Waals surface area contributed by atoms with Crippen LogP contribution in [0.2, 0.25) is 0 Å². The van der Waals surface area contributed by atoms with E-state index in [1.54, 1.807) is 7.11 Å². The minimum Gasteiger partial charge on any atom is -0.497 e. The van der Waals surface area contributed by atoms with Crippen LogP contribution in [0.1, 0.15) is 50.8 Å². The highest BCUT2D eigenvalue weighted by atomic mass is 16.5. The van der Waals surface area contributed by atoms with Crippen LogP contribution in [0.25, 0.3) is 0 Å². The highest BCUT2D eigenvalue weighted by Crippen LogP contribution is 2.40. The number of methoxy groups -OCH3 is 1. The molecule has 1 N–H and O–H groups in total. The van der Waals surface area contributed by atoms with E-state index >= 15 is 0 Å². The van der Waals surface area contributed by atoms with E-state index in [4.69, 9.17) is 14.2 Å². The molecule has 150 valence electrons. The van der Waals surface area contributed by atoms with E-state index in [-0.39, 0.29) is 17.6 Å². The number of fused-ring (bicyclic) bond motifs is 1. The number of hydrogen-bond donors (Lipinski definition) is 1. The lowest BCUT2D eigenvalue weighted by atomic mass is 9.88. The predicted molar refractivity (Wildman–Crippen MR) is 109 cm³/mol. The smallest absolute Gasteiger partial charge is 0.261 e. The van der Waals surface area contributed by atoms with E-state index in [0.717, 1.165) is 22.6 Å². The quantitative estimate of drug-likeness (QED) is 0.793. The normalized spacial score (nSPS) is 18.4. The van der Waals surface area contributed by atoms with Gasteiger partial charge in [-0.1, -0.05) is 24.6 Å². The van der Waals surface area contributed by atoms with E-state index < -0.39 is 6.10 Å². The molecule has 0 radical (unpaired) electrons. The zero-order valence-corrected chi connectivity index (χ0v) is 17.2. The van der Waals surface area contributed by atoms with Crippen molar-refractivity contribution in [3.05, 3.63) is 53.6 Å². The second-order valence-corrected chi connectivity index (χ2v) is 7.86. The van der Waals surface area contributed by atoms with Gasteiger partial charge in [0.15, 0.2) is 6.10 Å². The molecule has 3 rings (SSSR count). The van der Waals surface area contributed by atoms with Crippen molar-refractivity contribution in [1.82, 2.24) is 5.32 Å². The Kier molecular flexibility index (Phi) is 5.82. The number of amides is 1. The number of aryl methyl sites for hydroxylation is 1. The van der Waals surface area contributed by atoms with E-state index in [2.05, 4.69) is 11.4 Å². The molecule has 0 spiro atoms. The molecule has 0 aromatic heterocycles. The number of ether oxygens (including phenoxy) is 3. The van der Waals surface area contributed by atoms with Crippen LogP contribution < -0.4 is 19.5 Å². The first-order valence-corrected chi connectivity index (χ1v) is 9.72. The second kappa shape index (κ2) is 8.13. The van der Waals surface area contributed by atoms with Crippen LogP contribution in [0.3, 0.4) is 0 Å². The Balaban J connectivity index is 1.75. The molecule has 0 aliphatic carbocycles. The molecule has 28 heavy (non-hydrogen) atoms. The first-order valence-electron chi connectivity index (χ1n) is 9.72. The fourth-order valence-electron chi connectivity index (χ4n) is 3.51. The number of rotatable bonds is 6. The number of benzene rings is 2. The van der Waals surface area contributed by atoms with E-state index in [9.17, 15) is 4.79 Å². The van der Waals surface area contributed by atoms with Gasteiger partial charge in [0.25, 0.3) is 5.91 Å². The van der Waals surface area contributed by atoms with Gasteiger partial charge < -0.3 is 19.5 Å². The fraction of sp³-hybridized carbons (Fsp3) is 0.435. The van der Waals surface area contributed by atoms with Crippen LogP contribution in [0.4, 0.5) is 0 Å². The highest BCUT2D eigenvalue weighted by molar-refractivity contribution is 5.81. The molecule has 5 nitrogen and oxygen atoms in total. The Morgan fingerprint density at radius 3 is 2.54 bits per heavy atom. The predicted octanol–water partition coefficient (Wildman–Crippen LogP) is 4.58. The van der Waals surface area contributed by atoms with Crippen molar-refractivity contribution in [2.45, 2.75) is 58.3 Å². The topological polar surface area (TPSA) is 56.8 Å². The zero-order valence-electron chi connectivity index (χ0n) is 17.2. The summed E-state index contributed by atoms with van der Waals surface area (Å²) in [6.07, 6.45) is 0.715. The second-order valence-electron chi connectivity index (χ2n) is 7.86. The van der Waals surface area contributed by atoms with Crippen molar-refractivity contribution in [1.29, 1.82) is 0 Å². The van der Waals surface area contributed by atoms with Crippen molar-refractivity contribution >= 4 is 5.91 Å². The van der Waals surface area contributed by atoms with Gasteiger partial charge in [-0.2, -0.15) is 0 Å². The van der Waals surface area contributed by atoms with Crippen LogP contribution in [0.15, 0.2) is 42.5 Å². The van der Waals surface area contributed by atoms with Crippen molar-refractivity contribution < 1.29 is 19.0 Å². The molecule has 1 amide bonds. The van der Waals surface area contributed by atoms with Gasteiger partial charge in [-0.05, 0) is 57.5 Å². The van der Waals surface area contributed by atoms with E-state index in [1.165, 1.54) is 0 Å². The maximum Gasteiger partial charge on any atom is 0.261 e. The van der Waals surface area contributed by atoms with Crippen molar-refractivity contribution in [2.75, 3.05) is 7.11 Å². The lowest BCUT2D eigenvalue weighted by Crippen LogP contribution is -2.45. The number of carbonyl (C=O) groups excluding carboxylic acids is 1. The lowest BCUT2D eigenvalue weighted by Gasteiger charge is -2.38. The van der Waals surface area contributed by atoms with Crippen LogP contribution in [0, 0.1) is 6.92 Å². The molecule has 1 aliphatic heterocycles. The first kappa shape index (κ1) is 20.1. The molecule has 0 saturated heterocycles. The van der Waals surface area contributed by atoms with E-state index in [1.807, 2.05) is 64.1 Å². The van der Waals surface area contributed by atoms with Gasteiger partial charge in [-0.15, -0.1) is 0 Å². The summed E-state index contributed by atoms with van der Waals surface area (Å²) in [5, 5.41) is 3.18. The molecule has 0 bridgehead atoms. The Hall–Kier alpha value is -2.69. The monoisotopic (exact) mass is 383 g/mol. The van der Waals surface area contributed by atoms with Gasteiger partial charge in [-0.3, -0.25) is 4.79 Å². The zero-order chi connectivity index (χ0) is 20.3. The fourth-order valence-corrected chi connectivity index (χ4v) is 3.51. The summed E-state index contributed by atoms with van der Waals surface area (Å²) in [6.45, 7) is 8.07. The summed E-state index contributed by atoms with van der Waals surface area (Å²) in [5.74, 6) is 2.11. The lowest BCUT2D eigenvalue weighted by molar-refractivity contribution is -0.129. The summed E-state index contributed by atoms with van der Waals surface area (Å²) in [5.41, 5.74) is 1.81. The third-order valence-electron chi connectivity index (χ3n) is 4.94. The molecule has 5 heteroatoms. The first-order chi connectivity index (χ1) is 13.3. The molecule has 1 aliphatic rings. The minimum atomic E-state index is -0.562. The average Bonchev–Trinajstić information content (AvgIpc) is 2.66. The number of carbonyl (C=O) groups is 1. The Morgan fingerprint density at radius 1 is 1.21 bits per heavy atom. The maximum absolute atomic E-state index is 13.0. The van der Waals surface area contributed by atoms with Crippen molar-refractivity contribution in [3.63, 3.8) is 0 Å². The molecule has 2 aromatic carbocycles. The van der Waals surface area contributed by atoms with Crippen LogP contribution in [-0.2, 0) is 4.79 Å². The molecular weight excluding hydrogens is 354 g/mol. The molecule has 2 aromatic rings. The summed E-state index contributed by atoms with van der Waals surface area (Å²) in [7, 11) is 1.62. The minimum absolute atomic E-state index is 0.111. The van der Waals surface area contributed by atoms with Crippen molar-refractivity contribution in [3.8, 4) is 17.2 Å². The summed E-state index contributed by atoms with van der Waals surface area (Å²) in [6, 6.07) is 13.2. The largest absolute Gasteiger partial charge is 0.497 e. The SMILES string of the molecule is CC[C@H](Oc1ccc(OC)cc1)C(=O)N[C@H]1CC(C)(C)Oc2ccc(C)cc21. The standard InChI is InChI=1S/C23H29NO4/c1-6-20(27-17-10-8-16(26-5)9-11-17)22(25)24-19-14-23(3,4)28-21-12-7-15(2)13-18(19)21/h7-13,19-20H,6,14H2,1-5H3,(H,24,25)/t19-,20-/m0/s1. The molecule has 0 saturated carbocycles. The third-order valence-corrected chi connectivity index (χ3v) is 4.94. The van der Waals surface area contributed by atoms with Gasteiger partial charge in [0.2, 0.25) is 0 Å². The Labute approximate surface area is 167 Å². The van der Waals surface area contributed by atoms with Gasteiger partial charge >= 0.3 is 0 Å². The van der Waals surface area contributed by atoms with Crippen LogP contribution in [-0.4, -0.2) is 24.7 Å². The average molecular weight is 383 g/mol. The third kappa shape index (κ3) is 4.58. The van der Waals surface area contributed by atoms with Gasteiger partial charge in [0, 0.05) is 12.0 Å². The Morgan fingerprint density at radius 2 is 1.89 bits per heavy atom. The molecular formula is C23H29NO4. The van der Waals surface area contributed by atoms with Gasteiger partial charge in [0.1, 0.15) is 22.8 Å². The van der Waals surface area contributed by atoms with Crippen LogP contribution in [0.5, 0.6) is 17.2 Å². The Bertz CT molecular complexity index is 829. The number of nitrogens with one attached hydrogen (secondary N) is 1. The number of hydrogen-bond acceptors (Lipinski definition) is 4. The molecule has 1 heterocycles. The summed E-state index contributed by atoms with van der Waals surface area (Å²) < 4.78 is 17.2. The molecule has 2 atom stereocenters.